The number of ether oxygens (including phenoxy) is 1. The molecule has 1 saturated heterocycles. The van der Waals surface area contributed by atoms with E-state index in [9.17, 15) is 4.79 Å². The van der Waals surface area contributed by atoms with Crippen LogP contribution in [0.25, 0.3) is 0 Å². The molecule has 1 aliphatic carbocycles. The van der Waals surface area contributed by atoms with Crippen molar-refractivity contribution in [2.45, 2.75) is 44.4 Å². The van der Waals surface area contributed by atoms with E-state index >= 15 is 0 Å². The molecule has 3 rings (SSSR count). The van der Waals surface area contributed by atoms with Crippen LogP contribution >= 0.6 is 0 Å². The minimum Gasteiger partial charge on any atom is -0.384 e. The van der Waals surface area contributed by atoms with Crippen molar-refractivity contribution in [1.29, 1.82) is 0 Å². The Hall–Kier alpha value is -1.43. The van der Waals surface area contributed by atoms with Gasteiger partial charge in [-0.05, 0) is 31.6 Å². The molecule has 2 aliphatic rings. The largest absolute Gasteiger partial charge is 0.384 e. The molecule has 6 heteroatoms. The molecule has 6 nitrogen and oxygen atoms in total. The number of carbonyl (C=O) groups is 1. The average Bonchev–Trinajstić information content (AvgIpc) is 3.26. The number of hydrogen-bond acceptors (Lipinski definition) is 4. The molecule has 1 saturated carbocycles. The summed E-state index contributed by atoms with van der Waals surface area (Å²) in [6.07, 6.45) is 6.03. The van der Waals surface area contributed by atoms with E-state index in [1.54, 1.807) is 7.11 Å². The minimum absolute atomic E-state index is 0.214. The number of H-pyrrole nitrogens is 1. The molecule has 1 aromatic heterocycles. The summed E-state index contributed by atoms with van der Waals surface area (Å²) in [6, 6.07) is 0. The Bertz CT molecular complexity index is 476. The lowest BCUT2D eigenvalue weighted by Gasteiger charge is -2.31. The number of nitrogens with zero attached hydrogens (tertiary/aromatic N) is 3. The van der Waals surface area contributed by atoms with Crippen LogP contribution in [0, 0.1) is 5.92 Å². The lowest BCUT2D eigenvalue weighted by Crippen LogP contribution is -2.39. The number of rotatable bonds is 6. The van der Waals surface area contributed by atoms with E-state index in [1.165, 1.54) is 12.8 Å². The highest BCUT2D eigenvalue weighted by molar-refractivity contribution is 5.76. The van der Waals surface area contributed by atoms with Crippen LogP contribution in [-0.4, -0.2) is 52.8 Å². The van der Waals surface area contributed by atoms with E-state index in [2.05, 4.69) is 15.2 Å². The number of likely N-dealkylation sites (tertiary alicyclic amines) is 1. The predicted molar refractivity (Wildman–Crippen MR) is 77.9 cm³/mol. The molecular weight excluding hydrogens is 268 g/mol. The molecule has 1 N–H and O–H groups in total. The van der Waals surface area contributed by atoms with Crippen molar-refractivity contribution in [3.63, 3.8) is 0 Å². The highest BCUT2D eigenvalue weighted by Gasteiger charge is 2.28. The Balaban J connectivity index is 1.43. The topological polar surface area (TPSA) is 71.1 Å². The Kier molecular flexibility index (Phi) is 4.53. The third-order valence-electron chi connectivity index (χ3n) is 4.46. The smallest absolute Gasteiger partial charge is 0.224 e. The zero-order chi connectivity index (χ0) is 14.7. The first-order valence-electron chi connectivity index (χ1n) is 7.94. The van der Waals surface area contributed by atoms with Gasteiger partial charge >= 0.3 is 0 Å². The molecule has 0 radical (unpaired) electrons. The van der Waals surface area contributed by atoms with E-state index in [-0.39, 0.29) is 5.91 Å². The van der Waals surface area contributed by atoms with Crippen LogP contribution in [0.2, 0.25) is 0 Å². The van der Waals surface area contributed by atoms with Crippen LogP contribution in [0.3, 0.4) is 0 Å². The maximum absolute atomic E-state index is 11.9. The summed E-state index contributed by atoms with van der Waals surface area (Å²) in [4.78, 5) is 18.5. The van der Waals surface area contributed by atoms with E-state index in [4.69, 9.17) is 4.74 Å². The third-order valence-corrected chi connectivity index (χ3v) is 4.46. The Labute approximate surface area is 125 Å². The summed E-state index contributed by atoms with van der Waals surface area (Å²) in [5, 5.41) is 7.38. The van der Waals surface area contributed by atoms with Crippen molar-refractivity contribution < 1.29 is 9.53 Å². The number of hydrogen-bond donors (Lipinski definition) is 1. The molecular formula is C15H24N4O2. The SMILES string of the molecule is COCCC(=O)N1CCC(Cc2nc(C3CC3)n[nH]2)CC1. The molecule has 21 heavy (non-hydrogen) atoms. The molecule has 1 aliphatic heterocycles. The van der Waals surface area contributed by atoms with Crippen LogP contribution < -0.4 is 0 Å². The lowest BCUT2D eigenvalue weighted by atomic mass is 9.93. The number of carbonyl (C=O) groups excluding carboxylic acids is 1. The zero-order valence-electron chi connectivity index (χ0n) is 12.7. The summed E-state index contributed by atoms with van der Waals surface area (Å²) >= 11 is 0. The number of piperidine rings is 1. The fourth-order valence-corrected chi connectivity index (χ4v) is 2.93. The Morgan fingerprint density at radius 3 is 2.76 bits per heavy atom. The first-order chi connectivity index (χ1) is 10.3. The molecule has 1 amide bonds. The number of nitrogens with one attached hydrogen (secondary N) is 1. The normalized spacial score (nSPS) is 20.0. The summed E-state index contributed by atoms with van der Waals surface area (Å²) < 4.78 is 4.96. The molecule has 2 heterocycles. The second-order valence-electron chi connectivity index (χ2n) is 6.19. The predicted octanol–water partition coefficient (Wildman–Crippen LogP) is 1.50. The number of aromatic nitrogens is 3. The van der Waals surface area contributed by atoms with Gasteiger partial charge in [-0.25, -0.2) is 4.98 Å². The number of methoxy groups -OCH3 is 1. The molecule has 0 spiro atoms. The van der Waals surface area contributed by atoms with E-state index in [0.29, 0.717) is 24.9 Å². The summed E-state index contributed by atoms with van der Waals surface area (Å²) in [6.45, 7) is 2.23. The molecule has 0 atom stereocenters. The Morgan fingerprint density at radius 1 is 1.33 bits per heavy atom. The zero-order valence-corrected chi connectivity index (χ0v) is 12.7. The van der Waals surface area contributed by atoms with Gasteiger partial charge in [-0.2, -0.15) is 5.10 Å². The summed E-state index contributed by atoms with van der Waals surface area (Å²) in [5.41, 5.74) is 0. The summed E-state index contributed by atoms with van der Waals surface area (Å²) in [7, 11) is 1.63. The van der Waals surface area contributed by atoms with Gasteiger partial charge in [-0.3, -0.25) is 9.89 Å². The average molecular weight is 292 g/mol. The monoisotopic (exact) mass is 292 g/mol. The fraction of sp³-hybridized carbons (Fsp3) is 0.800. The van der Waals surface area contributed by atoms with Crippen LogP contribution in [0.1, 0.15) is 49.7 Å². The van der Waals surface area contributed by atoms with E-state index < -0.39 is 0 Å². The molecule has 0 unspecified atom stereocenters. The van der Waals surface area contributed by atoms with Crippen molar-refractivity contribution in [3.05, 3.63) is 11.6 Å². The van der Waals surface area contributed by atoms with Crippen LogP contribution in [0.5, 0.6) is 0 Å². The van der Waals surface area contributed by atoms with Gasteiger partial charge in [-0.1, -0.05) is 0 Å². The minimum atomic E-state index is 0.214. The second kappa shape index (κ2) is 6.56. The second-order valence-corrected chi connectivity index (χ2v) is 6.19. The van der Waals surface area contributed by atoms with Gasteiger partial charge in [-0.15, -0.1) is 0 Å². The standard InChI is InChI=1S/C15H24N4O2/c1-21-9-6-14(20)19-7-4-11(5-8-19)10-13-16-15(18-17-13)12-2-3-12/h11-12H,2-10H2,1H3,(H,16,17,18). The highest BCUT2D eigenvalue weighted by atomic mass is 16.5. The van der Waals surface area contributed by atoms with Gasteiger partial charge in [0.25, 0.3) is 0 Å². The van der Waals surface area contributed by atoms with E-state index in [1.807, 2.05) is 4.90 Å². The van der Waals surface area contributed by atoms with Crippen molar-refractivity contribution in [2.24, 2.45) is 5.92 Å². The van der Waals surface area contributed by atoms with Gasteiger partial charge in [0, 0.05) is 32.5 Å². The first kappa shape index (κ1) is 14.5. The number of amides is 1. The van der Waals surface area contributed by atoms with Crippen LogP contribution in [0.15, 0.2) is 0 Å². The molecule has 0 bridgehead atoms. The van der Waals surface area contributed by atoms with Crippen molar-refractivity contribution >= 4 is 5.91 Å². The van der Waals surface area contributed by atoms with Crippen molar-refractivity contribution in [3.8, 4) is 0 Å². The highest BCUT2D eigenvalue weighted by Crippen LogP contribution is 2.37. The van der Waals surface area contributed by atoms with Gasteiger partial charge < -0.3 is 9.64 Å². The van der Waals surface area contributed by atoms with E-state index in [0.717, 1.165) is 44.0 Å². The molecule has 1 aromatic rings. The fourth-order valence-electron chi connectivity index (χ4n) is 2.93. The van der Waals surface area contributed by atoms with Crippen LogP contribution in [0.4, 0.5) is 0 Å². The first-order valence-corrected chi connectivity index (χ1v) is 7.94. The maximum Gasteiger partial charge on any atom is 0.224 e. The van der Waals surface area contributed by atoms with Gasteiger partial charge in [0.1, 0.15) is 5.82 Å². The Morgan fingerprint density at radius 2 is 2.10 bits per heavy atom. The lowest BCUT2D eigenvalue weighted by molar-refractivity contribution is -0.133. The van der Waals surface area contributed by atoms with Crippen LogP contribution in [-0.2, 0) is 16.0 Å². The molecule has 116 valence electrons. The van der Waals surface area contributed by atoms with Gasteiger partial charge in [0.2, 0.25) is 5.91 Å². The number of aromatic amines is 1. The van der Waals surface area contributed by atoms with Crippen molar-refractivity contribution in [1.82, 2.24) is 20.1 Å². The summed E-state index contributed by atoms with van der Waals surface area (Å²) in [5.74, 6) is 3.44. The third kappa shape index (κ3) is 3.81. The van der Waals surface area contributed by atoms with Gasteiger partial charge in [0.05, 0.1) is 13.0 Å². The quantitative estimate of drug-likeness (QED) is 0.862. The maximum atomic E-state index is 11.9. The molecule has 0 aromatic carbocycles. The molecule has 2 fully saturated rings. The van der Waals surface area contributed by atoms with Crippen molar-refractivity contribution in [2.75, 3.05) is 26.8 Å². The van der Waals surface area contributed by atoms with Gasteiger partial charge in [0.15, 0.2) is 5.82 Å².